The Balaban J connectivity index is 0.000000617. The lowest BCUT2D eigenvalue weighted by atomic mass is 10.1. The molecule has 2 aromatic carbocycles. The molecule has 0 radical (unpaired) electrons. The molecule has 0 atom stereocenters. The van der Waals surface area contributed by atoms with Gasteiger partial charge >= 0.3 is 12.1 Å². The van der Waals surface area contributed by atoms with Gasteiger partial charge in [-0.05, 0) is 31.2 Å². The Labute approximate surface area is 260 Å². The van der Waals surface area contributed by atoms with Crippen LogP contribution in [0.5, 0.6) is 17.2 Å². The first-order valence-corrected chi connectivity index (χ1v) is 14.1. The van der Waals surface area contributed by atoms with E-state index < -0.39 is 12.1 Å². The molecule has 5 rings (SSSR count). The number of nitrogens with one attached hydrogen (secondary N) is 2. The zero-order valence-electron chi connectivity index (χ0n) is 25.3. The van der Waals surface area contributed by atoms with E-state index in [2.05, 4.69) is 35.1 Å². The average molecular weight is 650 g/mol. The summed E-state index contributed by atoms with van der Waals surface area (Å²) in [6.45, 7) is 7.89. The zero-order valence-corrected chi connectivity index (χ0v) is 25.3. The van der Waals surface area contributed by atoms with Gasteiger partial charge in [-0.3, -0.25) is 24.9 Å². The smallest absolute Gasteiger partial charge is 0.490 e. The lowest BCUT2D eigenvalue weighted by Gasteiger charge is -2.34. The summed E-state index contributed by atoms with van der Waals surface area (Å²) in [6, 6.07) is 8.91. The number of aromatic nitrogens is 4. The number of fused-ring (bicyclic) bond motifs is 2. The molecule has 0 spiro atoms. The van der Waals surface area contributed by atoms with E-state index in [1.165, 1.54) is 0 Å². The molecular weight excluding hydrogens is 615 g/mol. The molecule has 46 heavy (non-hydrogen) atoms. The lowest BCUT2D eigenvalue weighted by Crippen LogP contribution is -2.48. The molecule has 248 valence electrons. The van der Waals surface area contributed by atoms with Crippen molar-refractivity contribution < 1.29 is 42.4 Å². The zero-order chi connectivity index (χ0) is 33.4. The normalized spacial score (nSPS) is 14.1. The number of benzene rings is 2. The summed E-state index contributed by atoms with van der Waals surface area (Å²) < 4.78 is 48.4. The minimum atomic E-state index is -5.08. The number of H-pyrrole nitrogens is 1. The van der Waals surface area contributed by atoms with Crippen molar-refractivity contribution in [2.75, 3.05) is 72.0 Å². The van der Waals surface area contributed by atoms with Gasteiger partial charge in [0.1, 0.15) is 12.4 Å². The highest BCUT2D eigenvalue weighted by Crippen LogP contribution is 2.33. The fraction of sp³-hybridized carbons (Fsp3) is 0.414. The summed E-state index contributed by atoms with van der Waals surface area (Å²) >= 11 is 0. The largest absolute Gasteiger partial charge is 0.493 e. The highest BCUT2D eigenvalue weighted by atomic mass is 19.4. The second-order valence-electron chi connectivity index (χ2n) is 10.1. The van der Waals surface area contributed by atoms with Crippen molar-refractivity contribution >= 4 is 39.7 Å². The van der Waals surface area contributed by atoms with E-state index in [1.54, 1.807) is 32.4 Å². The van der Waals surface area contributed by atoms with Gasteiger partial charge in [-0.25, -0.2) is 19.7 Å². The average Bonchev–Trinajstić information content (AvgIpc) is 3.01. The number of nitrogens with zero attached hydrogens (tertiary/aromatic N) is 5. The molecule has 0 unspecified atom stereocenters. The second-order valence-corrected chi connectivity index (χ2v) is 10.1. The van der Waals surface area contributed by atoms with Gasteiger partial charge in [-0.1, -0.05) is 0 Å². The van der Waals surface area contributed by atoms with Crippen molar-refractivity contribution in [2.45, 2.75) is 13.1 Å². The van der Waals surface area contributed by atoms with E-state index in [1.807, 2.05) is 19.1 Å². The van der Waals surface area contributed by atoms with Crippen molar-refractivity contribution in [2.24, 2.45) is 0 Å². The third kappa shape index (κ3) is 8.70. The number of aromatic amines is 1. The number of aryl methyl sites for hydroxylation is 1. The molecule has 1 aliphatic rings. The Morgan fingerprint density at radius 1 is 0.957 bits per heavy atom. The van der Waals surface area contributed by atoms with E-state index in [4.69, 9.17) is 29.2 Å². The minimum Gasteiger partial charge on any atom is -0.493 e. The number of hydrogen-bond acceptors (Lipinski definition) is 12. The van der Waals surface area contributed by atoms with Crippen LogP contribution in [0.1, 0.15) is 5.69 Å². The number of piperazine rings is 1. The number of ether oxygens (including phenoxy) is 3. The molecule has 0 aliphatic carbocycles. The Bertz CT molecular complexity index is 1730. The second kappa shape index (κ2) is 15.0. The van der Waals surface area contributed by atoms with Gasteiger partial charge in [0.2, 0.25) is 11.9 Å². The van der Waals surface area contributed by atoms with Crippen molar-refractivity contribution in [3.63, 3.8) is 0 Å². The van der Waals surface area contributed by atoms with Crippen LogP contribution in [0.25, 0.3) is 21.8 Å². The summed E-state index contributed by atoms with van der Waals surface area (Å²) in [5.74, 6) is -0.448. The Morgan fingerprint density at radius 2 is 1.59 bits per heavy atom. The van der Waals surface area contributed by atoms with Crippen molar-refractivity contribution in [1.29, 1.82) is 0 Å². The summed E-state index contributed by atoms with van der Waals surface area (Å²) in [5.41, 5.74) is 1.63. The van der Waals surface area contributed by atoms with Crippen LogP contribution in [0.2, 0.25) is 0 Å². The van der Waals surface area contributed by atoms with Crippen LogP contribution in [-0.4, -0.2) is 119 Å². The Hall–Kier alpha value is -4.74. The summed E-state index contributed by atoms with van der Waals surface area (Å²) in [5, 5.41) is 20.5. The van der Waals surface area contributed by atoms with Gasteiger partial charge < -0.3 is 24.4 Å². The number of hydrogen-bond donors (Lipinski definition) is 4. The number of alkyl halides is 3. The number of rotatable bonds is 10. The quantitative estimate of drug-likeness (QED) is 0.197. The number of aliphatic hydroxyl groups is 1. The third-order valence-corrected chi connectivity index (χ3v) is 7.10. The molecule has 14 nitrogen and oxygen atoms in total. The Morgan fingerprint density at radius 3 is 2.20 bits per heavy atom. The van der Waals surface area contributed by atoms with Crippen LogP contribution >= 0.6 is 0 Å². The number of aliphatic hydroxyl groups excluding tert-OH is 1. The lowest BCUT2D eigenvalue weighted by molar-refractivity contribution is -0.192. The molecule has 1 saturated heterocycles. The SMILES string of the molecule is COc1cc2nc(Nc3nc4ccc(OCCN5CCN(CCO)CC5)cc4c(=O)[nH]3)nc(C)c2cc1OC.O=C(O)C(F)(F)F. The predicted molar refractivity (Wildman–Crippen MR) is 162 cm³/mol. The highest BCUT2D eigenvalue weighted by molar-refractivity contribution is 5.86. The van der Waals surface area contributed by atoms with Crippen LogP contribution in [0, 0.1) is 6.92 Å². The first-order valence-electron chi connectivity index (χ1n) is 14.1. The third-order valence-electron chi connectivity index (χ3n) is 7.10. The van der Waals surface area contributed by atoms with Gasteiger partial charge in [-0.15, -0.1) is 0 Å². The predicted octanol–water partition coefficient (Wildman–Crippen LogP) is 2.56. The Kier molecular flexibility index (Phi) is 11.2. The van der Waals surface area contributed by atoms with Crippen molar-refractivity contribution in [3.05, 3.63) is 46.4 Å². The summed E-state index contributed by atoms with van der Waals surface area (Å²) in [7, 11) is 3.15. The molecule has 17 heteroatoms. The maximum Gasteiger partial charge on any atom is 0.490 e. The molecule has 0 amide bonds. The maximum absolute atomic E-state index is 12.9. The van der Waals surface area contributed by atoms with E-state index in [0.29, 0.717) is 46.2 Å². The van der Waals surface area contributed by atoms with Gasteiger partial charge in [-0.2, -0.15) is 13.2 Å². The molecular formula is C29H34F3N7O7. The van der Waals surface area contributed by atoms with Crippen LogP contribution < -0.4 is 25.1 Å². The minimum absolute atomic E-state index is 0.194. The molecule has 2 aromatic heterocycles. The topological polar surface area (TPSA) is 175 Å². The van der Waals surface area contributed by atoms with E-state index in [9.17, 15) is 18.0 Å². The van der Waals surface area contributed by atoms with Crippen LogP contribution in [0.4, 0.5) is 25.1 Å². The van der Waals surface area contributed by atoms with E-state index in [0.717, 1.165) is 50.3 Å². The first-order chi connectivity index (χ1) is 21.9. The molecule has 0 bridgehead atoms. The molecule has 0 saturated carbocycles. The van der Waals surface area contributed by atoms with Crippen molar-refractivity contribution in [1.82, 2.24) is 29.7 Å². The standard InChI is InChI=1S/C27H33N7O5.C2HF3O2/c1-17-19-15-23(37-2)24(38-3)16-22(19)30-26(28-17)32-27-29-21-5-4-18(14-20(21)25(36)31-27)39-13-11-34-8-6-33(7-9-34)10-12-35;3-2(4,5)1(6)7/h4-5,14-16,35H,6-13H2,1-3H3,(H2,28,29,30,31,32,36);(H,6,7). The van der Waals surface area contributed by atoms with E-state index >= 15 is 0 Å². The number of aliphatic carboxylic acids is 1. The maximum atomic E-state index is 12.9. The molecule has 4 aromatic rings. The number of carbonyl (C=O) groups is 1. The van der Waals surface area contributed by atoms with Crippen LogP contribution in [0.15, 0.2) is 35.1 Å². The summed E-state index contributed by atoms with van der Waals surface area (Å²) in [6.07, 6.45) is -5.08. The molecule has 4 N–H and O–H groups in total. The highest BCUT2D eigenvalue weighted by Gasteiger charge is 2.38. The van der Waals surface area contributed by atoms with Gasteiger partial charge in [0.25, 0.3) is 5.56 Å². The number of methoxy groups -OCH3 is 2. The molecule has 1 fully saturated rings. The molecule has 3 heterocycles. The molecule has 1 aliphatic heterocycles. The fourth-order valence-electron chi connectivity index (χ4n) is 4.71. The van der Waals surface area contributed by atoms with Crippen LogP contribution in [-0.2, 0) is 4.79 Å². The van der Waals surface area contributed by atoms with E-state index in [-0.39, 0.29) is 18.1 Å². The number of carboxylic acid groups (broad SMARTS) is 1. The van der Waals surface area contributed by atoms with Crippen LogP contribution in [0.3, 0.4) is 0 Å². The monoisotopic (exact) mass is 649 g/mol. The van der Waals surface area contributed by atoms with Gasteiger partial charge in [0.15, 0.2) is 11.5 Å². The first kappa shape index (κ1) is 34.1. The number of carboxylic acids is 1. The fourth-order valence-corrected chi connectivity index (χ4v) is 4.71. The number of β-amino-alcohol motifs (C(OH)–C–C–N with tert-alkyl or cyclic N) is 1. The number of halogens is 3. The van der Waals surface area contributed by atoms with Crippen molar-refractivity contribution in [3.8, 4) is 17.2 Å². The number of anilines is 2. The van der Waals surface area contributed by atoms with Gasteiger partial charge in [0.05, 0.1) is 42.9 Å². The van der Waals surface area contributed by atoms with Gasteiger partial charge in [0, 0.05) is 50.7 Å². The summed E-state index contributed by atoms with van der Waals surface area (Å²) in [4.78, 5) is 42.8.